The lowest BCUT2D eigenvalue weighted by molar-refractivity contribution is -0.149. The Morgan fingerprint density at radius 3 is 2.16 bits per heavy atom. The van der Waals surface area contributed by atoms with Crippen molar-refractivity contribution in [1.29, 1.82) is 0 Å². The summed E-state index contributed by atoms with van der Waals surface area (Å²) in [5.41, 5.74) is 2.54. The van der Waals surface area contributed by atoms with E-state index < -0.39 is 0 Å². The lowest BCUT2D eigenvalue weighted by atomic mass is 9.79. The number of likely N-dealkylation sites (tertiary alicyclic amines) is 1. The van der Waals surface area contributed by atoms with Crippen LogP contribution in [0.25, 0.3) is 0 Å². The van der Waals surface area contributed by atoms with Gasteiger partial charge in [-0.15, -0.1) is 0 Å². The lowest BCUT2D eigenvalue weighted by Gasteiger charge is -2.33. The summed E-state index contributed by atoms with van der Waals surface area (Å²) >= 11 is 0. The molecule has 6 heteroatoms. The third-order valence-corrected chi connectivity index (χ3v) is 8.58. The van der Waals surface area contributed by atoms with Crippen molar-refractivity contribution in [2.45, 2.75) is 45.6 Å². The molecule has 4 aliphatic heterocycles. The number of carbonyl (C=O) groups is 1. The fourth-order valence-corrected chi connectivity index (χ4v) is 6.42. The van der Waals surface area contributed by atoms with Crippen molar-refractivity contribution in [2.24, 2.45) is 17.3 Å². The van der Waals surface area contributed by atoms with Crippen LogP contribution in [0.2, 0.25) is 0 Å². The first-order valence-electron chi connectivity index (χ1n) is 12.7. The number of anilines is 2. The fourth-order valence-electron chi connectivity index (χ4n) is 6.42. The number of hydrogen-bond donors (Lipinski definition) is 0. The number of fused-ring (bicyclic) bond motifs is 1. The zero-order chi connectivity index (χ0) is 22.1. The summed E-state index contributed by atoms with van der Waals surface area (Å²) in [7, 11) is 0. The predicted octanol–water partition coefficient (Wildman–Crippen LogP) is 3.40. The van der Waals surface area contributed by atoms with Crippen molar-refractivity contribution < 1.29 is 14.3 Å². The molecule has 4 aliphatic rings. The molecule has 0 aliphatic carbocycles. The van der Waals surface area contributed by atoms with Gasteiger partial charge in [-0.2, -0.15) is 0 Å². The van der Waals surface area contributed by atoms with Crippen molar-refractivity contribution in [1.82, 2.24) is 4.90 Å². The monoisotopic (exact) mass is 441 g/mol. The van der Waals surface area contributed by atoms with Crippen LogP contribution < -0.4 is 9.80 Å². The van der Waals surface area contributed by atoms with Crippen LogP contribution in [0.5, 0.6) is 0 Å². The van der Waals surface area contributed by atoms with Gasteiger partial charge >= 0.3 is 5.97 Å². The van der Waals surface area contributed by atoms with Gasteiger partial charge in [-0.25, -0.2) is 0 Å². The van der Waals surface area contributed by atoms with Crippen molar-refractivity contribution in [3.05, 3.63) is 24.3 Å². The van der Waals surface area contributed by atoms with Crippen molar-refractivity contribution in [2.75, 3.05) is 68.8 Å². The molecule has 0 radical (unpaired) electrons. The average Bonchev–Trinajstić information content (AvgIpc) is 3.49. The number of hydrogen-bond acceptors (Lipinski definition) is 6. The minimum atomic E-state index is -0.222. The van der Waals surface area contributed by atoms with Crippen LogP contribution in [0.15, 0.2) is 24.3 Å². The Kier molecular flexibility index (Phi) is 6.35. The molecule has 6 nitrogen and oxygen atoms in total. The van der Waals surface area contributed by atoms with Gasteiger partial charge in [0.15, 0.2) is 0 Å². The lowest BCUT2D eigenvalue weighted by Crippen LogP contribution is -2.37. The van der Waals surface area contributed by atoms with E-state index in [1.165, 1.54) is 24.5 Å². The van der Waals surface area contributed by atoms with E-state index in [4.69, 9.17) is 9.47 Å². The molecule has 0 bridgehead atoms. The van der Waals surface area contributed by atoms with Gasteiger partial charge in [-0.05, 0) is 43.2 Å². The summed E-state index contributed by atoms with van der Waals surface area (Å²) in [6.07, 6.45) is 3.80. The largest absolute Gasteiger partial charge is 0.462 e. The van der Waals surface area contributed by atoms with E-state index in [0.717, 1.165) is 83.5 Å². The van der Waals surface area contributed by atoms with Gasteiger partial charge < -0.3 is 24.2 Å². The Labute approximate surface area is 192 Å². The smallest absolute Gasteiger partial charge is 0.312 e. The highest BCUT2D eigenvalue weighted by Gasteiger charge is 2.46. The summed E-state index contributed by atoms with van der Waals surface area (Å²) < 4.78 is 11.3. The number of para-hydroxylation sites is 2. The Balaban J connectivity index is 1.14. The van der Waals surface area contributed by atoms with E-state index in [-0.39, 0.29) is 17.5 Å². The summed E-state index contributed by atoms with van der Waals surface area (Å²) in [4.78, 5) is 20.1. The molecular formula is C26H39N3O3. The molecule has 4 heterocycles. The van der Waals surface area contributed by atoms with Crippen LogP contribution in [0.3, 0.4) is 0 Å². The van der Waals surface area contributed by atoms with Crippen molar-refractivity contribution in [3.8, 4) is 0 Å². The zero-order valence-corrected chi connectivity index (χ0v) is 19.8. The minimum Gasteiger partial charge on any atom is -0.462 e. The van der Waals surface area contributed by atoms with Gasteiger partial charge in [0.1, 0.15) is 6.10 Å². The number of rotatable bonds is 7. The molecule has 3 atom stereocenters. The highest BCUT2D eigenvalue weighted by Crippen LogP contribution is 2.42. The fraction of sp³-hybridized carbons (Fsp3) is 0.731. The Morgan fingerprint density at radius 2 is 1.56 bits per heavy atom. The van der Waals surface area contributed by atoms with Crippen LogP contribution in [0.4, 0.5) is 11.4 Å². The first-order chi connectivity index (χ1) is 15.6. The molecule has 0 N–H and O–H groups in total. The van der Waals surface area contributed by atoms with Crippen LogP contribution in [-0.2, 0) is 14.3 Å². The first kappa shape index (κ1) is 22.0. The van der Waals surface area contributed by atoms with Crippen LogP contribution in [0.1, 0.15) is 39.5 Å². The van der Waals surface area contributed by atoms with Gasteiger partial charge in [0.25, 0.3) is 0 Å². The Bertz CT molecular complexity index is 791. The molecule has 1 aromatic carbocycles. The van der Waals surface area contributed by atoms with E-state index in [1.807, 2.05) is 0 Å². The second-order valence-corrected chi connectivity index (χ2v) is 10.3. The third-order valence-electron chi connectivity index (χ3n) is 8.58. The van der Waals surface area contributed by atoms with E-state index in [1.54, 1.807) is 0 Å². The number of cyclic esters (lactones) is 1. The predicted molar refractivity (Wildman–Crippen MR) is 127 cm³/mol. The second-order valence-electron chi connectivity index (χ2n) is 10.3. The molecule has 3 unspecified atom stereocenters. The molecule has 176 valence electrons. The maximum Gasteiger partial charge on any atom is 0.312 e. The molecule has 1 aromatic rings. The highest BCUT2D eigenvalue weighted by atomic mass is 16.6. The van der Waals surface area contributed by atoms with Crippen molar-refractivity contribution >= 4 is 17.3 Å². The molecule has 0 amide bonds. The standard InChI is InChI=1S/C26H39N3O3/c1-3-26(4-2)15-22(32-25(26)30)9-10-27-16-20-18-29(19-21(20)17-27)24-8-6-5-7-23(24)28-11-13-31-14-12-28/h5-8,20-22H,3-4,9-19H2,1-2H3. The van der Waals surface area contributed by atoms with E-state index >= 15 is 0 Å². The number of esters is 1. The topological polar surface area (TPSA) is 45.2 Å². The maximum absolute atomic E-state index is 12.4. The molecule has 32 heavy (non-hydrogen) atoms. The van der Waals surface area contributed by atoms with Crippen LogP contribution in [0, 0.1) is 17.3 Å². The molecule has 0 spiro atoms. The number of nitrogens with zero attached hydrogens (tertiary/aromatic N) is 3. The molecule has 4 saturated heterocycles. The van der Waals surface area contributed by atoms with E-state index in [2.05, 4.69) is 52.8 Å². The van der Waals surface area contributed by atoms with E-state index in [0.29, 0.717) is 0 Å². The number of benzene rings is 1. The van der Waals surface area contributed by atoms with Gasteiger partial charge in [0, 0.05) is 52.2 Å². The first-order valence-corrected chi connectivity index (χ1v) is 12.7. The number of carbonyl (C=O) groups excluding carboxylic acids is 1. The molecule has 0 saturated carbocycles. The highest BCUT2D eigenvalue weighted by molar-refractivity contribution is 5.79. The number of ether oxygens (including phenoxy) is 2. The van der Waals surface area contributed by atoms with Gasteiger partial charge in [0.2, 0.25) is 0 Å². The molecule has 4 fully saturated rings. The molecular weight excluding hydrogens is 402 g/mol. The van der Waals surface area contributed by atoms with Crippen LogP contribution in [-0.4, -0.2) is 76.0 Å². The number of morpholine rings is 1. The Hall–Kier alpha value is -1.79. The average molecular weight is 442 g/mol. The summed E-state index contributed by atoms with van der Waals surface area (Å²) in [5, 5.41) is 0. The van der Waals surface area contributed by atoms with E-state index in [9.17, 15) is 4.79 Å². The normalized spacial score (nSPS) is 30.1. The maximum atomic E-state index is 12.4. The van der Waals surface area contributed by atoms with Crippen LogP contribution >= 0.6 is 0 Å². The van der Waals surface area contributed by atoms with Gasteiger partial charge in [0.05, 0.1) is 30.0 Å². The van der Waals surface area contributed by atoms with Gasteiger partial charge in [-0.1, -0.05) is 26.0 Å². The summed E-state index contributed by atoms with van der Waals surface area (Å²) in [6.45, 7) is 13.6. The van der Waals surface area contributed by atoms with Crippen molar-refractivity contribution in [3.63, 3.8) is 0 Å². The quantitative estimate of drug-likeness (QED) is 0.605. The molecule has 5 rings (SSSR count). The zero-order valence-electron chi connectivity index (χ0n) is 19.8. The van der Waals surface area contributed by atoms with Gasteiger partial charge in [-0.3, -0.25) is 4.79 Å². The second kappa shape index (κ2) is 9.22. The minimum absolute atomic E-state index is 0.0420. The Morgan fingerprint density at radius 1 is 0.938 bits per heavy atom. The summed E-state index contributed by atoms with van der Waals surface area (Å²) in [6, 6.07) is 8.91. The summed E-state index contributed by atoms with van der Waals surface area (Å²) in [5.74, 6) is 1.52. The third kappa shape index (κ3) is 4.12. The SMILES string of the molecule is CCC1(CC)CC(CCN2CC3CN(c4ccccc4N4CCOCC4)CC3C2)OC1=O. The molecule has 0 aromatic heterocycles.